The van der Waals surface area contributed by atoms with Gasteiger partial charge >= 0.3 is 0 Å². The summed E-state index contributed by atoms with van der Waals surface area (Å²) >= 11 is 0. The van der Waals surface area contributed by atoms with Crippen LogP contribution >= 0.6 is 0 Å². The molecule has 0 amide bonds. The molecule has 0 rings (SSSR count). The lowest BCUT2D eigenvalue weighted by Crippen LogP contribution is -1.75. The summed E-state index contributed by atoms with van der Waals surface area (Å²) in [6.45, 7) is 8.22. The largest absolute Gasteiger partial charge is 0.100 e. The molecule has 0 fully saturated rings. The van der Waals surface area contributed by atoms with Gasteiger partial charge < -0.3 is 0 Å². The van der Waals surface area contributed by atoms with Gasteiger partial charge in [0.1, 0.15) is 0 Å². The van der Waals surface area contributed by atoms with E-state index in [1.54, 1.807) is 0 Å². The van der Waals surface area contributed by atoms with E-state index in [9.17, 15) is 0 Å². The van der Waals surface area contributed by atoms with Crippen LogP contribution in [0.25, 0.3) is 0 Å². The fourth-order valence-electron chi connectivity index (χ4n) is 1.25. The maximum Gasteiger partial charge on any atom is -0.0291 e. The zero-order valence-corrected chi connectivity index (χ0v) is 9.31. The minimum absolute atomic E-state index is 1.14. The molecule has 0 aromatic heterocycles. The van der Waals surface area contributed by atoms with Crippen molar-refractivity contribution < 1.29 is 0 Å². The molecule has 0 unspecified atom stereocenters. The number of unbranched alkanes of at least 4 members (excludes halogenated alkanes) is 4. The van der Waals surface area contributed by atoms with Crippen molar-refractivity contribution in [1.82, 2.24) is 0 Å². The molecule has 0 bridgehead atoms. The van der Waals surface area contributed by atoms with Gasteiger partial charge in [0, 0.05) is 0 Å². The first-order chi connectivity index (χ1) is 6.27. The Morgan fingerprint density at radius 2 is 1.77 bits per heavy atom. The summed E-state index contributed by atoms with van der Waals surface area (Å²) in [7, 11) is 0. The molecule has 0 aromatic carbocycles. The fourth-order valence-corrected chi connectivity index (χ4v) is 1.25. The highest BCUT2D eigenvalue weighted by molar-refractivity contribution is 4.92. The van der Waals surface area contributed by atoms with E-state index < -0.39 is 0 Å². The molecule has 0 saturated heterocycles. The van der Waals surface area contributed by atoms with Gasteiger partial charge in [0.15, 0.2) is 0 Å². The van der Waals surface area contributed by atoms with Gasteiger partial charge in [-0.2, -0.15) is 0 Å². The summed E-state index contributed by atoms with van der Waals surface area (Å²) in [4.78, 5) is 0. The van der Waals surface area contributed by atoms with Crippen molar-refractivity contribution in [3.05, 3.63) is 24.3 Å². The van der Waals surface area contributed by atoms with E-state index in [2.05, 4.69) is 32.6 Å². The monoisotopic (exact) mass is 180 g/mol. The highest BCUT2D eigenvalue weighted by Gasteiger charge is 1.85. The van der Waals surface area contributed by atoms with Crippen LogP contribution in [0.2, 0.25) is 0 Å². The third-order valence-electron chi connectivity index (χ3n) is 2.13. The lowest BCUT2D eigenvalue weighted by atomic mass is 10.1. The minimum atomic E-state index is 1.14. The molecule has 0 atom stereocenters. The van der Waals surface area contributed by atoms with Crippen LogP contribution in [0.1, 0.15) is 58.8 Å². The molecule has 0 aromatic rings. The van der Waals surface area contributed by atoms with E-state index in [4.69, 9.17) is 0 Å². The van der Waals surface area contributed by atoms with Crippen molar-refractivity contribution in [3.63, 3.8) is 0 Å². The molecule has 0 nitrogen and oxygen atoms in total. The predicted octanol–water partition coefficient (Wildman–Crippen LogP) is 4.87. The second kappa shape index (κ2) is 9.57. The molecule has 0 radical (unpaired) electrons. The molecule has 0 heteroatoms. The van der Waals surface area contributed by atoms with Gasteiger partial charge in [-0.05, 0) is 32.6 Å². The second-order valence-electron chi connectivity index (χ2n) is 3.82. The van der Waals surface area contributed by atoms with E-state index in [1.807, 2.05) is 0 Å². The summed E-state index contributed by atoms with van der Waals surface area (Å²) in [5.74, 6) is 0. The number of hydrogen-bond donors (Lipinski definition) is 0. The average Bonchev–Trinajstić information content (AvgIpc) is 2.09. The number of rotatable bonds is 8. The van der Waals surface area contributed by atoms with Gasteiger partial charge in [-0.1, -0.05) is 43.9 Å². The van der Waals surface area contributed by atoms with Crippen LogP contribution in [0.4, 0.5) is 0 Å². The number of hydrogen-bond acceptors (Lipinski definition) is 0. The summed E-state index contributed by atoms with van der Waals surface area (Å²) in [6, 6.07) is 0. The predicted molar refractivity (Wildman–Crippen MR) is 61.9 cm³/mol. The Morgan fingerprint density at radius 1 is 1.08 bits per heavy atom. The Morgan fingerprint density at radius 3 is 2.38 bits per heavy atom. The van der Waals surface area contributed by atoms with Crippen molar-refractivity contribution in [2.24, 2.45) is 0 Å². The zero-order valence-electron chi connectivity index (χ0n) is 9.31. The van der Waals surface area contributed by atoms with Crippen molar-refractivity contribution in [3.8, 4) is 0 Å². The van der Waals surface area contributed by atoms with E-state index in [0.29, 0.717) is 0 Å². The first-order valence-corrected chi connectivity index (χ1v) is 5.56. The first kappa shape index (κ1) is 12.5. The van der Waals surface area contributed by atoms with Crippen molar-refractivity contribution >= 4 is 0 Å². The van der Waals surface area contributed by atoms with Gasteiger partial charge in [-0.15, -0.1) is 6.58 Å². The van der Waals surface area contributed by atoms with Gasteiger partial charge in [0.25, 0.3) is 0 Å². The smallest absolute Gasteiger partial charge is 0.0291 e. The molecule has 0 aliphatic rings. The van der Waals surface area contributed by atoms with Crippen LogP contribution in [-0.4, -0.2) is 0 Å². The molecule has 0 aliphatic carbocycles. The molecular weight excluding hydrogens is 156 g/mol. The Kier molecular flexibility index (Phi) is 9.18. The molecule has 0 spiro atoms. The third kappa shape index (κ3) is 11.5. The van der Waals surface area contributed by atoms with Crippen LogP contribution in [0.3, 0.4) is 0 Å². The summed E-state index contributed by atoms with van der Waals surface area (Å²) in [6.07, 6.45) is 13.7. The van der Waals surface area contributed by atoms with Crippen LogP contribution in [0.15, 0.2) is 24.3 Å². The third-order valence-corrected chi connectivity index (χ3v) is 2.13. The Labute approximate surface area is 83.7 Å². The zero-order chi connectivity index (χ0) is 9.94. The topological polar surface area (TPSA) is 0 Å². The van der Waals surface area contributed by atoms with E-state index in [-0.39, 0.29) is 0 Å². The molecule has 0 saturated carbocycles. The van der Waals surface area contributed by atoms with Crippen LogP contribution in [0.5, 0.6) is 0 Å². The SMILES string of the molecule is C=C(C)CC/C=C/CCCCCC. The Balaban J connectivity index is 3.08. The molecule has 13 heavy (non-hydrogen) atoms. The van der Waals surface area contributed by atoms with Gasteiger partial charge in [0.05, 0.1) is 0 Å². The van der Waals surface area contributed by atoms with Gasteiger partial charge in [-0.25, -0.2) is 0 Å². The van der Waals surface area contributed by atoms with Gasteiger partial charge in [0.2, 0.25) is 0 Å². The highest BCUT2D eigenvalue weighted by Crippen LogP contribution is 2.05. The van der Waals surface area contributed by atoms with E-state index >= 15 is 0 Å². The Bertz CT molecular complexity index is 142. The maximum absolute atomic E-state index is 3.88. The molecule has 0 N–H and O–H groups in total. The highest BCUT2D eigenvalue weighted by atomic mass is 13.9. The maximum atomic E-state index is 3.88. The number of allylic oxidation sites excluding steroid dienone is 3. The molecule has 0 heterocycles. The van der Waals surface area contributed by atoms with Crippen LogP contribution < -0.4 is 0 Å². The Hall–Kier alpha value is -0.520. The van der Waals surface area contributed by atoms with Crippen molar-refractivity contribution in [2.75, 3.05) is 0 Å². The summed E-state index contributed by atoms with van der Waals surface area (Å²) in [5, 5.41) is 0. The van der Waals surface area contributed by atoms with Crippen LogP contribution in [-0.2, 0) is 0 Å². The first-order valence-electron chi connectivity index (χ1n) is 5.56. The molecule has 0 aliphatic heterocycles. The normalized spacial score (nSPS) is 10.9. The van der Waals surface area contributed by atoms with E-state index in [0.717, 1.165) is 6.42 Å². The molecule has 76 valence electrons. The van der Waals surface area contributed by atoms with E-state index in [1.165, 1.54) is 44.1 Å². The quantitative estimate of drug-likeness (QED) is 0.369. The van der Waals surface area contributed by atoms with Crippen LogP contribution in [0, 0.1) is 0 Å². The lowest BCUT2D eigenvalue weighted by molar-refractivity contribution is 0.674. The summed E-state index contributed by atoms with van der Waals surface area (Å²) in [5.41, 5.74) is 1.29. The minimum Gasteiger partial charge on any atom is -0.100 e. The van der Waals surface area contributed by atoms with Gasteiger partial charge in [-0.3, -0.25) is 0 Å². The van der Waals surface area contributed by atoms with Crippen molar-refractivity contribution in [1.29, 1.82) is 0 Å². The fraction of sp³-hybridized carbons (Fsp3) is 0.692. The average molecular weight is 180 g/mol. The lowest BCUT2D eigenvalue weighted by Gasteiger charge is -1.95. The van der Waals surface area contributed by atoms with Crippen molar-refractivity contribution in [2.45, 2.75) is 58.8 Å². The summed E-state index contributed by atoms with van der Waals surface area (Å²) < 4.78 is 0. The second-order valence-corrected chi connectivity index (χ2v) is 3.82. The standard InChI is InChI=1S/C13H24/c1-4-5-6-7-8-9-10-11-12-13(2)3/h9-10H,2,4-8,11-12H2,1,3H3/b10-9+. The molecular formula is C13H24.